The average Bonchev–Trinajstić information content (AvgIpc) is 2.61. The first kappa shape index (κ1) is 19.4. The molecule has 0 unspecified atom stereocenters. The number of hydrogen-bond acceptors (Lipinski definition) is 3. The van der Waals surface area contributed by atoms with E-state index in [-0.39, 0.29) is 24.7 Å². The van der Waals surface area contributed by atoms with Gasteiger partial charge in [0.05, 0.1) is 0 Å². The quantitative estimate of drug-likeness (QED) is 0.529. The van der Waals surface area contributed by atoms with Gasteiger partial charge in [-0.15, -0.1) is 0 Å². The molecule has 2 aromatic carbocycles. The molecular weight excluding hydrogens is 336 g/mol. The number of halogens is 2. The minimum Gasteiger partial charge on any atom is -0.298 e. The summed E-state index contributed by atoms with van der Waals surface area (Å²) in [6.45, 7) is 8.00. The van der Waals surface area contributed by atoms with Crippen LogP contribution in [0.3, 0.4) is 0 Å². The van der Waals surface area contributed by atoms with E-state index in [2.05, 4.69) is 13.2 Å². The van der Waals surface area contributed by atoms with Crippen LogP contribution >= 0.6 is 0 Å². The first-order valence-electron chi connectivity index (χ1n) is 7.92. The highest BCUT2D eigenvalue weighted by molar-refractivity contribution is 6.09. The Morgan fingerprint density at radius 2 is 1.08 bits per heavy atom. The maximum atomic E-state index is 12.9. The Balaban J connectivity index is 1.93. The number of Topliss-reactive ketones (excluding diaryl/α,β-unsaturated/α-hetero) is 2. The van der Waals surface area contributed by atoms with E-state index in [1.165, 1.54) is 48.5 Å². The fourth-order valence-corrected chi connectivity index (χ4v) is 2.46. The summed E-state index contributed by atoms with van der Waals surface area (Å²) >= 11 is 0. The van der Waals surface area contributed by atoms with Gasteiger partial charge >= 0.3 is 0 Å². The Kier molecular flexibility index (Phi) is 6.31. The second-order valence-corrected chi connectivity index (χ2v) is 6.05. The van der Waals surface area contributed by atoms with Gasteiger partial charge in [-0.1, -0.05) is 13.2 Å². The molecule has 0 aliphatic rings. The van der Waals surface area contributed by atoms with Crippen LogP contribution in [0.5, 0.6) is 0 Å². The molecule has 2 rings (SSSR count). The van der Waals surface area contributed by atoms with Crippen LogP contribution in [-0.2, 0) is 0 Å². The SMILES string of the molecule is C=C(CN(C)CC(=C)C(=O)c1ccc(F)cc1)C(=O)c1ccc(F)cc1. The van der Waals surface area contributed by atoms with E-state index in [9.17, 15) is 18.4 Å². The standard InChI is InChI=1S/C21H19F2NO2/c1-14(20(25)16-4-8-18(22)9-5-16)12-24(3)13-15(2)21(26)17-6-10-19(23)11-7-17/h4-11H,1-2,12-13H2,3H3. The number of likely N-dealkylation sites (N-methyl/N-ethyl adjacent to an activating group) is 1. The molecule has 0 amide bonds. The fourth-order valence-electron chi connectivity index (χ4n) is 2.46. The molecule has 0 saturated heterocycles. The van der Waals surface area contributed by atoms with Crippen molar-refractivity contribution in [1.29, 1.82) is 0 Å². The molecule has 0 heterocycles. The van der Waals surface area contributed by atoms with Gasteiger partial charge in [-0.05, 0) is 55.6 Å². The van der Waals surface area contributed by atoms with E-state index in [0.717, 1.165) is 0 Å². The summed E-state index contributed by atoms with van der Waals surface area (Å²) in [5.41, 5.74) is 1.35. The van der Waals surface area contributed by atoms with Gasteiger partial charge in [0, 0.05) is 35.4 Å². The number of carbonyl (C=O) groups is 2. The second-order valence-electron chi connectivity index (χ2n) is 6.05. The molecule has 0 radical (unpaired) electrons. The predicted molar refractivity (Wildman–Crippen MR) is 97.2 cm³/mol. The van der Waals surface area contributed by atoms with Crippen LogP contribution in [0.15, 0.2) is 72.8 Å². The molecule has 0 aliphatic heterocycles. The molecule has 0 fully saturated rings. The monoisotopic (exact) mass is 355 g/mol. The number of hydrogen-bond donors (Lipinski definition) is 0. The summed E-state index contributed by atoms with van der Waals surface area (Å²) in [7, 11) is 1.73. The normalized spacial score (nSPS) is 10.6. The zero-order chi connectivity index (χ0) is 19.3. The molecule has 0 atom stereocenters. The first-order valence-corrected chi connectivity index (χ1v) is 7.92. The molecule has 26 heavy (non-hydrogen) atoms. The lowest BCUT2D eigenvalue weighted by molar-refractivity contribution is 0.102. The third kappa shape index (κ3) is 5.04. The molecular formula is C21H19F2NO2. The molecule has 0 saturated carbocycles. The van der Waals surface area contributed by atoms with Crippen molar-refractivity contribution < 1.29 is 18.4 Å². The lowest BCUT2D eigenvalue weighted by Gasteiger charge is -2.18. The van der Waals surface area contributed by atoms with Gasteiger partial charge in [-0.2, -0.15) is 0 Å². The van der Waals surface area contributed by atoms with Gasteiger partial charge in [-0.25, -0.2) is 8.78 Å². The van der Waals surface area contributed by atoms with Crippen LogP contribution in [0.25, 0.3) is 0 Å². The molecule has 3 nitrogen and oxygen atoms in total. The van der Waals surface area contributed by atoms with Crippen LogP contribution in [-0.4, -0.2) is 36.6 Å². The molecule has 0 N–H and O–H groups in total. The Morgan fingerprint density at radius 3 is 1.38 bits per heavy atom. The van der Waals surface area contributed by atoms with E-state index in [0.29, 0.717) is 22.3 Å². The lowest BCUT2D eigenvalue weighted by atomic mass is 10.0. The number of rotatable bonds is 8. The van der Waals surface area contributed by atoms with Gasteiger partial charge in [0.1, 0.15) is 11.6 Å². The van der Waals surface area contributed by atoms with E-state index in [4.69, 9.17) is 0 Å². The van der Waals surface area contributed by atoms with Crippen LogP contribution in [0.2, 0.25) is 0 Å². The van der Waals surface area contributed by atoms with Crippen molar-refractivity contribution in [3.63, 3.8) is 0 Å². The lowest BCUT2D eigenvalue weighted by Crippen LogP contribution is -2.27. The summed E-state index contributed by atoms with van der Waals surface area (Å²) in [4.78, 5) is 26.3. The van der Waals surface area contributed by atoms with Crippen molar-refractivity contribution in [2.24, 2.45) is 0 Å². The van der Waals surface area contributed by atoms with Crippen LogP contribution in [0.4, 0.5) is 8.78 Å². The average molecular weight is 355 g/mol. The van der Waals surface area contributed by atoms with Gasteiger partial charge < -0.3 is 0 Å². The van der Waals surface area contributed by atoms with Crippen molar-refractivity contribution in [2.45, 2.75) is 0 Å². The van der Waals surface area contributed by atoms with Crippen LogP contribution < -0.4 is 0 Å². The number of ketones is 2. The molecule has 0 aliphatic carbocycles. The summed E-state index contributed by atoms with van der Waals surface area (Å²) < 4.78 is 25.9. The number of carbonyl (C=O) groups excluding carboxylic acids is 2. The number of nitrogens with zero attached hydrogens (tertiary/aromatic N) is 1. The Morgan fingerprint density at radius 1 is 0.769 bits per heavy atom. The molecule has 5 heteroatoms. The maximum Gasteiger partial charge on any atom is 0.189 e. The Labute approximate surface area is 151 Å². The van der Waals surface area contributed by atoms with Crippen molar-refractivity contribution in [3.05, 3.63) is 95.6 Å². The zero-order valence-electron chi connectivity index (χ0n) is 14.5. The number of benzene rings is 2. The van der Waals surface area contributed by atoms with Crippen molar-refractivity contribution in [3.8, 4) is 0 Å². The molecule has 134 valence electrons. The second kappa shape index (κ2) is 8.45. The van der Waals surface area contributed by atoms with Crippen LogP contribution in [0.1, 0.15) is 20.7 Å². The van der Waals surface area contributed by atoms with Crippen molar-refractivity contribution in [2.75, 3.05) is 20.1 Å². The highest BCUT2D eigenvalue weighted by Crippen LogP contribution is 2.12. The van der Waals surface area contributed by atoms with Gasteiger partial charge in [-0.3, -0.25) is 14.5 Å². The molecule has 0 aromatic heterocycles. The minimum absolute atomic E-state index is 0.228. The summed E-state index contributed by atoms with van der Waals surface area (Å²) in [6, 6.07) is 10.5. The smallest absolute Gasteiger partial charge is 0.189 e. The summed E-state index contributed by atoms with van der Waals surface area (Å²) in [5.74, 6) is -1.40. The predicted octanol–water partition coefficient (Wildman–Crippen LogP) is 4.07. The largest absolute Gasteiger partial charge is 0.298 e. The van der Waals surface area contributed by atoms with E-state index < -0.39 is 11.6 Å². The Hall–Kier alpha value is -2.92. The van der Waals surface area contributed by atoms with Gasteiger partial charge in [0.25, 0.3) is 0 Å². The van der Waals surface area contributed by atoms with E-state index >= 15 is 0 Å². The van der Waals surface area contributed by atoms with Gasteiger partial charge in [0.15, 0.2) is 11.6 Å². The molecule has 0 spiro atoms. The van der Waals surface area contributed by atoms with Crippen molar-refractivity contribution in [1.82, 2.24) is 4.90 Å². The molecule has 2 aromatic rings. The first-order chi connectivity index (χ1) is 12.3. The summed E-state index contributed by atoms with van der Waals surface area (Å²) in [5, 5.41) is 0. The molecule has 0 bridgehead atoms. The highest BCUT2D eigenvalue weighted by Gasteiger charge is 2.16. The van der Waals surface area contributed by atoms with Gasteiger partial charge in [0.2, 0.25) is 0 Å². The fraction of sp³-hybridized carbons (Fsp3) is 0.143. The van der Waals surface area contributed by atoms with Crippen LogP contribution in [0, 0.1) is 11.6 Å². The maximum absolute atomic E-state index is 12.9. The third-order valence-corrected chi connectivity index (χ3v) is 3.78. The van der Waals surface area contributed by atoms with E-state index in [1.807, 2.05) is 0 Å². The third-order valence-electron chi connectivity index (χ3n) is 3.78. The highest BCUT2D eigenvalue weighted by atomic mass is 19.1. The Bertz CT molecular complexity index is 768. The summed E-state index contributed by atoms with van der Waals surface area (Å²) in [6.07, 6.45) is 0. The minimum atomic E-state index is -0.417. The van der Waals surface area contributed by atoms with Crippen molar-refractivity contribution >= 4 is 11.6 Å². The van der Waals surface area contributed by atoms with E-state index in [1.54, 1.807) is 11.9 Å². The zero-order valence-corrected chi connectivity index (χ0v) is 14.5. The topological polar surface area (TPSA) is 37.4 Å².